The minimum atomic E-state index is 0.0903. The van der Waals surface area contributed by atoms with Gasteiger partial charge in [0.05, 0.1) is 12.2 Å². The molecular weight excluding hydrogens is 212 g/mol. The highest BCUT2D eigenvalue weighted by molar-refractivity contribution is 5.10. The van der Waals surface area contributed by atoms with Gasteiger partial charge in [0.1, 0.15) is 0 Å². The highest BCUT2D eigenvalue weighted by Crippen LogP contribution is 2.45. The number of nitrogens with zero attached hydrogens (tertiary/aromatic N) is 1. The minimum Gasteiger partial charge on any atom is -0.370 e. The molecule has 4 heterocycles. The number of ether oxygens (including phenoxy) is 1. The molecule has 98 valence electrons. The van der Waals surface area contributed by atoms with E-state index in [4.69, 9.17) is 4.74 Å². The van der Waals surface area contributed by atoms with Crippen LogP contribution in [0.4, 0.5) is 0 Å². The second kappa shape index (κ2) is 3.94. The van der Waals surface area contributed by atoms with Crippen molar-refractivity contribution >= 4 is 0 Å². The van der Waals surface area contributed by atoms with Gasteiger partial charge in [0.2, 0.25) is 0 Å². The zero-order valence-corrected chi connectivity index (χ0v) is 11.5. The van der Waals surface area contributed by atoms with Crippen molar-refractivity contribution in [3.63, 3.8) is 0 Å². The summed E-state index contributed by atoms with van der Waals surface area (Å²) in [5, 5.41) is 3.75. The lowest BCUT2D eigenvalue weighted by Crippen LogP contribution is -2.73. The van der Waals surface area contributed by atoms with Gasteiger partial charge in [-0.15, -0.1) is 0 Å². The van der Waals surface area contributed by atoms with E-state index in [9.17, 15) is 0 Å². The maximum atomic E-state index is 6.38. The van der Waals surface area contributed by atoms with Crippen molar-refractivity contribution in [3.8, 4) is 0 Å². The molecule has 1 N–H and O–H groups in total. The first-order valence-corrected chi connectivity index (χ1v) is 7.12. The Morgan fingerprint density at radius 1 is 1.24 bits per heavy atom. The molecule has 0 aromatic rings. The molecule has 2 bridgehead atoms. The number of fused-ring (bicyclic) bond motifs is 2. The van der Waals surface area contributed by atoms with E-state index in [2.05, 4.69) is 31.0 Å². The largest absolute Gasteiger partial charge is 0.370 e. The summed E-state index contributed by atoms with van der Waals surface area (Å²) in [6.45, 7) is 12.6. The molecule has 4 saturated heterocycles. The van der Waals surface area contributed by atoms with Crippen molar-refractivity contribution in [3.05, 3.63) is 0 Å². The first kappa shape index (κ1) is 11.9. The molecule has 4 aliphatic rings. The lowest BCUT2D eigenvalue weighted by Gasteiger charge is -2.60. The van der Waals surface area contributed by atoms with Gasteiger partial charge in [-0.2, -0.15) is 0 Å². The molecule has 0 amide bonds. The molecule has 3 heteroatoms. The van der Waals surface area contributed by atoms with Crippen molar-refractivity contribution in [1.82, 2.24) is 10.2 Å². The van der Waals surface area contributed by atoms with Crippen LogP contribution < -0.4 is 5.32 Å². The number of hydrogen-bond acceptors (Lipinski definition) is 3. The third kappa shape index (κ3) is 1.83. The molecule has 2 unspecified atom stereocenters. The quantitative estimate of drug-likeness (QED) is 0.692. The van der Waals surface area contributed by atoms with Crippen molar-refractivity contribution in [2.75, 3.05) is 32.8 Å². The fourth-order valence-electron chi connectivity index (χ4n) is 4.29. The maximum Gasteiger partial charge on any atom is 0.0995 e. The Labute approximate surface area is 105 Å². The van der Waals surface area contributed by atoms with Crippen LogP contribution in [-0.4, -0.2) is 49.3 Å². The minimum absolute atomic E-state index is 0.0903. The lowest BCUT2D eigenvalue weighted by atomic mass is 9.64. The normalized spacial score (nSPS) is 46.4. The van der Waals surface area contributed by atoms with E-state index >= 15 is 0 Å². The molecule has 0 aromatic carbocycles. The number of morpholine rings is 1. The molecule has 2 atom stereocenters. The Morgan fingerprint density at radius 2 is 1.94 bits per heavy atom. The second-order valence-electron chi connectivity index (χ2n) is 7.11. The molecule has 4 aliphatic heterocycles. The van der Waals surface area contributed by atoms with Crippen LogP contribution in [0.1, 0.15) is 33.6 Å². The first-order chi connectivity index (χ1) is 8.02. The molecule has 1 spiro atoms. The van der Waals surface area contributed by atoms with Crippen LogP contribution in [0.15, 0.2) is 0 Å². The van der Waals surface area contributed by atoms with Crippen molar-refractivity contribution in [1.29, 1.82) is 0 Å². The average molecular weight is 238 g/mol. The fraction of sp³-hybridized carbons (Fsp3) is 1.00. The Bertz CT molecular complexity index is 291. The smallest absolute Gasteiger partial charge is 0.0995 e. The summed E-state index contributed by atoms with van der Waals surface area (Å²) in [5.74, 6) is 0.768. The Morgan fingerprint density at radius 3 is 2.47 bits per heavy atom. The predicted octanol–water partition coefficient (Wildman–Crippen LogP) is 1.49. The third-order valence-corrected chi connectivity index (χ3v) is 4.93. The van der Waals surface area contributed by atoms with E-state index in [1.807, 2.05) is 0 Å². The number of piperidine rings is 3. The SMILES string of the molecule is CC(C)(C)C1NCCOC12CN1CCC2CC1. The van der Waals surface area contributed by atoms with Crippen molar-refractivity contribution in [2.45, 2.75) is 45.3 Å². The van der Waals surface area contributed by atoms with Crippen LogP contribution in [0.3, 0.4) is 0 Å². The van der Waals surface area contributed by atoms with E-state index in [0.29, 0.717) is 6.04 Å². The van der Waals surface area contributed by atoms with Crippen LogP contribution in [-0.2, 0) is 4.74 Å². The average Bonchev–Trinajstić information content (AvgIpc) is 2.29. The van der Waals surface area contributed by atoms with Gasteiger partial charge in [0.15, 0.2) is 0 Å². The highest BCUT2D eigenvalue weighted by Gasteiger charge is 2.56. The molecule has 0 saturated carbocycles. The maximum absolute atomic E-state index is 6.38. The topological polar surface area (TPSA) is 24.5 Å². The van der Waals surface area contributed by atoms with Gasteiger partial charge in [-0.3, -0.25) is 0 Å². The molecule has 4 fully saturated rings. The predicted molar refractivity (Wildman–Crippen MR) is 69.1 cm³/mol. The number of rotatable bonds is 0. The monoisotopic (exact) mass is 238 g/mol. The van der Waals surface area contributed by atoms with Crippen molar-refractivity contribution < 1.29 is 4.74 Å². The van der Waals surface area contributed by atoms with Crippen molar-refractivity contribution in [2.24, 2.45) is 11.3 Å². The van der Waals surface area contributed by atoms with Gasteiger partial charge >= 0.3 is 0 Å². The van der Waals surface area contributed by atoms with Gasteiger partial charge in [-0.05, 0) is 37.3 Å². The lowest BCUT2D eigenvalue weighted by molar-refractivity contribution is -0.203. The molecule has 0 aliphatic carbocycles. The summed E-state index contributed by atoms with van der Waals surface area (Å²) in [6.07, 6.45) is 2.66. The summed E-state index contributed by atoms with van der Waals surface area (Å²) < 4.78 is 6.38. The second-order valence-corrected chi connectivity index (χ2v) is 7.11. The van der Waals surface area contributed by atoms with Crippen LogP contribution in [0.25, 0.3) is 0 Å². The van der Waals surface area contributed by atoms with Crippen LogP contribution in [0, 0.1) is 11.3 Å². The molecule has 4 rings (SSSR count). The Hall–Kier alpha value is -0.120. The van der Waals surface area contributed by atoms with Gasteiger partial charge in [-0.25, -0.2) is 0 Å². The van der Waals surface area contributed by atoms with E-state index in [1.165, 1.54) is 25.9 Å². The van der Waals surface area contributed by atoms with Crippen LogP contribution >= 0.6 is 0 Å². The van der Waals surface area contributed by atoms with E-state index in [-0.39, 0.29) is 11.0 Å². The molecule has 0 radical (unpaired) electrons. The number of nitrogens with one attached hydrogen (secondary N) is 1. The van der Waals surface area contributed by atoms with Gasteiger partial charge < -0.3 is 15.0 Å². The third-order valence-electron chi connectivity index (χ3n) is 4.93. The molecule has 3 nitrogen and oxygen atoms in total. The van der Waals surface area contributed by atoms with Gasteiger partial charge in [-0.1, -0.05) is 20.8 Å². The summed E-state index contributed by atoms with van der Waals surface area (Å²) in [5.41, 5.74) is 0.367. The number of hydrogen-bond donors (Lipinski definition) is 1. The summed E-state index contributed by atoms with van der Waals surface area (Å²) >= 11 is 0. The zero-order chi connectivity index (χ0) is 12.1. The fourth-order valence-corrected chi connectivity index (χ4v) is 4.29. The Balaban J connectivity index is 1.92. The highest BCUT2D eigenvalue weighted by atomic mass is 16.5. The van der Waals surface area contributed by atoms with E-state index in [0.717, 1.165) is 25.6 Å². The Kier molecular flexibility index (Phi) is 2.77. The van der Waals surface area contributed by atoms with Crippen LogP contribution in [0.2, 0.25) is 0 Å². The summed E-state index contributed by atoms with van der Waals surface area (Å²) in [4.78, 5) is 2.60. The van der Waals surface area contributed by atoms with Crippen LogP contribution in [0.5, 0.6) is 0 Å². The standard InChI is InChI=1S/C14H26N2O/c1-13(2,3)12-14(17-9-6-15-12)10-16-7-4-11(14)5-8-16/h11-12,15H,4-10H2,1-3H3. The summed E-state index contributed by atoms with van der Waals surface area (Å²) in [7, 11) is 0. The van der Waals surface area contributed by atoms with E-state index in [1.54, 1.807) is 0 Å². The molecule has 17 heavy (non-hydrogen) atoms. The van der Waals surface area contributed by atoms with Gasteiger partial charge in [0.25, 0.3) is 0 Å². The summed E-state index contributed by atoms with van der Waals surface area (Å²) in [6, 6.07) is 0.497. The first-order valence-electron chi connectivity index (χ1n) is 7.12. The van der Waals surface area contributed by atoms with E-state index < -0.39 is 0 Å². The molecular formula is C14H26N2O. The molecule has 0 aromatic heterocycles. The van der Waals surface area contributed by atoms with Gasteiger partial charge in [0, 0.05) is 19.1 Å². The zero-order valence-electron chi connectivity index (χ0n) is 11.5.